The monoisotopic (exact) mass is 242 g/mol. The number of allylic oxidation sites excluding steroid dienone is 2. The first-order chi connectivity index (χ1) is 8.66. The molecule has 1 aromatic carbocycles. The fraction of sp³-hybridized carbons (Fsp3) is 0.167. The molecule has 0 fully saturated rings. The summed E-state index contributed by atoms with van der Waals surface area (Å²) in [5, 5.41) is 10.9. The van der Waals surface area contributed by atoms with Gasteiger partial charge in [0.2, 0.25) is 5.96 Å². The third-order valence-corrected chi connectivity index (χ3v) is 3.06. The van der Waals surface area contributed by atoms with Crippen LogP contribution in [0.5, 0.6) is 0 Å². The average Bonchev–Trinajstić information content (AvgIpc) is 2.37. The van der Waals surface area contributed by atoms with Gasteiger partial charge < -0.3 is 4.90 Å². The maximum Gasteiger partial charge on any atom is 0.306 e. The van der Waals surface area contributed by atoms with Gasteiger partial charge in [-0.05, 0) is 18.6 Å². The Bertz CT molecular complexity index is 631. The van der Waals surface area contributed by atoms with E-state index in [0.29, 0.717) is 18.2 Å². The van der Waals surface area contributed by atoms with Crippen LogP contribution in [0.2, 0.25) is 0 Å². The molecule has 90 valence electrons. The molecular weight excluding hydrogens is 232 g/mol. The Hall–Kier alpha value is -2.50. The van der Waals surface area contributed by atoms with Crippen molar-refractivity contribution in [3.8, 4) is 0 Å². The van der Waals surface area contributed by atoms with E-state index in [9.17, 15) is 10.1 Å². The van der Waals surface area contributed by atoms with Crippen LogP contribution in [-0.2, 0) is 6.54 Å². The van der Waals surface area contributed by atoms with E-state index in [1.54, 1.807) is 11.8 Å². The zero-order chi connectivity index (χ0) is 12.7. The van der Waals surface area contributed by atoms with Gasteiger partial charge in [0, 0.05) is 0 Å². The highest BCUT2D eigenvalue weighted by Crippen LogP contribution is 2.30. The van der Waals surface area contributed by atoms with Crippen molar-refractivity contribution in [1.29, 1.82) is 0 Å². The van der Waals surface area contributed by atoms with Crippen LogP contribution in [0.4, 0.5) is 5.69 Å². The minimum atomic E-state index is -0.421. The number of benzene rings is 1. The number of aliphatic imine (C=N–C) groups is 2. The van der Waals surface area contributed by atoms with Gasteiger partial charge >= 0.3 is 5.70 Å². The summed E-state index contributed by atoms with van der Waals surface area (Å²) in [6, 6.07) is 7.72. The van der Waals surface area contributed by atoms with Crippen LogP contribution in [0, 0.1) is 10.1 Å². The molecule has 0 bridgehead atoms. The minimum Gasteiger partial charge on any atom is -0.303 e. The molecule has 0 atom stereocenters. The standard InChI is InChI=1S/C12H10N4O2/c1-8-11(16(17)18)6-13-12-14-10-5-3-2-4-9(10)7-15(8)12/h2-6H,7H2,1H3. The van der Waals surface area contributed by atoms with E-state index in [0.717, 1.165) is 11.3 Å². The Kier molecular flexibility index (Phi) is 2.22. The fourth-order valence-electron chi connectivity index (χ4n) is 2.06. The van der Waals surface area contributed by atoms with Crippen LogP contribution < -0.4 is 0 Å². The van der Waals surface area contributed by atoms with E-state index in [-0.39, 0.29) is 5.70 Å². The maximum absolute atomic E-state index is 10.9. The Morgan fingerprint density at radius 3 is 2.94 bits per heavy atom. The molecule has 1 aromatic rings. The molecule has 2 heterocycles. The fourth-order valence-corrected chi connectivity index (χ4v) is 2.06. The summed E-state index contributed by atoms with van der Waals surface area (Å²) in [5.74, 6) is 0.511. The highest BCUT2D eigenvalue weighted by Gasteiger charge is 2.29. The zero-order valence-electron chi connectivity index (χ0n) is 9.70. The highest BCUT2D eigenvalue weighted by molar-refractivity contribution is 5.98. The SMILES string of the molecule is CC1=C([N+](=O)[O-])C=NC2=Nc3ccccc3CN21. The molecule has 0 radical (unpaired) electrons. The molecule has 18 heavy (non-hydrogen) atoms. The van der Waals surface area contributed by atoms with Crippen molar-refractivity contribution >= 4 is 17.9 Å². The maximum atomic E-state index is 10.9. The lowest BCUT2D eigenvalue weighted by Crippen LogP contribution is -2.34. The molecule has 0 aliphatic carbocycles. The van der Waals surface area contributed by atoms with Crippen LogP contribution in [0.25, 0.3) is 0 Å². The van der Waals surface area contributed by atoms with Crippen molar-refractivity contribution in [2.24, 2.45) is 9.98 Å². The molecule has 0 spiro atoms. The zero-order valence-corrected chi connectivity index (χ0v) is 9.70. The van der Waals surface area contributed by atoms with Crippen molar-refractivity contribution in [3.05, 3.63) is 51.3 Å². The number of hydrogen-bond donors (Lipinski definition) is 0. The van der Waals surface area contributed by atoms with Gasteiger partial charge in [0.15, 0.2) is 0 Å². The Morgan fingerprint density at radius 2 is 2.17 bits per heavy atom. The van der Waals surface area contributed by atoms with Crippen molar-refractivity contribution < 1.29 is 4.92 Å². The first-order valence-corrected chi connectivity index (χ1v) is 5.50. The Labute approximate surface area is 103 Å². The number of para-hydroxylation sites is 1. The van der Waals surface area contributed by atoms with Crippen LogP contribution in [0.3, 0.4) is 0 Å². The lowest BCUT2D eigenvalue weighted by Gasteiger charge is -2.29. The van der Waals surface area contributed by atoms with Crippen LogP contribution in [0.1, 0.15) is 12.5 Å². The molecule has 2 aliphatic rings. The molecule has 0 N–H and O–H groups in total. The Balaban J connectivity index is 2.09. The van der Waals surface area contributed by atoms with Crippen LogP contribution in [-0.4, -0.2) is 22.0 Å². The number of nitro groups is 1. The number of hydrogen-bond acceptors (Lipinski definition) is 5. The molecule has 2 aliphatic heterocycles. The first kappa shape index (κ1) is 10.6. The van der Waals surface area contributed by atoms with Crippen molar-refractivity contribution in [1.82, 2.24) is 4.90 Å². The summed E-state index contributed by atoms with van der Waals surface area (Å²) in [5.41, 5.74) is 2.51. The minimum absolute atomic E-state index is 0.0216. The quantitative estimate of drug-likeness (QED) is 0.559. The first-order valence-electron chi connectivity index (χ1n) is 5.50. The summed E-state index contributed by atoms with van der Waals surface area (Å²) >= 11 is 0. The number of guanidine groups is 1. The number of nitrogens with zero attached hydrogens (tertiary/aromatic N) is 4. The van der Waals surface area contributed by atoms with Gasteiger partial charge in [0.05, 0.1) is 22.9 Å². The van der Waals surface area contributed by atoms with E-state index in [1.807, 2.05) is 24.3 Å². The molecule has 0 saturated heterocycles. The van der Waals surface area contributed by atoms with Gasteiger partial charge in [0.25, 0.3) is 0 Å². The largest absolute Gasteiger partial charge is 0.306 e. The number of rotatable bonds is 1. The third kappa shape index (κ3) is 1.50. The van der Waals surface area contributed by atoms with Gasteiger partial charge in [0.1, 0.15) is 6.21 Å². The topological polar surface area (TPSA) is 71.1 Å². The van der Waals surface area contributed by atoms with Gasteiger partial charge in [-0.25, -0.2) is 9.98 Å². The van der Waals surface area contributed by atoms with Crippen molar-refractivity contribution in [3.63, 3.8) is 0 Å². The predicted octanol–water partition coefficient (Wildman–Crippen LogP) is 2.08. The van der Waals surface area contributed by atoms with Crippen molar-refractivity contribution in [2.45, 2.75) is 13.5 Å². The van der Waals surface area contributed by atoms with Gasteiger partial charge in [-0.15, -0.1) is 0 Å². The molecule has 0 aromatic heterocycles. The predicted molar refractivity (Wildman–Crippen MR) is 67.3 cm³/mol. The molecule has 0 saturated carbocycles. The lowest BCUT2D eigenvalue weighted by molar-refractivity contribution is -0.416. The molecule has 0 amide bonds. The molecule has 6 heteroatoms. The summed E-state index contributed by atoms with van der Waals surface area (Å²) in [6.45, 7) is 2.28. The van der Waals surface area contributed by atoms with Crippen LogP contribution in [0.15, 0.2) is 45.6 Å². The molecule has 0 unspecified atom stereocenters. The van der Waals surface area contributed by atoms with Gasteiger partial charge in [-0.3, -0.25) is 10.1 Å². The second-order valence-electron chi connectivity index (χ2n) is 4.11. The smallest absolute Gasteiger partial charge is 0.303 e. The highest BCUT2D eigenvalue weighted by atomic mass is 16.6. The van der Waals surface area contributed by atoms with E-state index in [1.165, 1.54) is 6.21 Å². The summed E-state index contributed by atoms with van der Waals surface area (Å²) in [4.78, 5) is 20.7. The van der Waals surface area contributed by atoms with E-state index in [4.69, 9.17) is 0 Å². The van der Waals surface area contributed by atoms with Crippen LogP contribution >= 0.6 is 0 Å². The summed E-state index contributed by atoms with van der Waals surface area (Å²) in [6.07, 6.45) is 1.26. The Morgan fingerprint density at radius 1 is 1.39 bits per heavy atom. The van der Waals surface area contributed by atoms with Gasteiger partial charge in [-0.2, -0.15) is 0 Å². The summed E-state index contributed by atoms with van der Waals surface area (Å²) in [7, 11) is 0. The molecular formula is C12H10N4O2. The van der Waals surface area contributed by atoms with Gasteiger partial charge in [-0.1, -0.05) is 18.2 Å². The van der Waals surface area contributed by atoms with E-state index < -0.39 is 4.92 Å². The average molecular weight is 242 g/mol. The van der Waals surface area contributed by atoms with E-state index >= 15 is 0 Å². The molecule has 3 rings (SSSR count). The third-order valence-electron chi connectivity index (χ3n) is 3.06. The number of fused-ring (bicyclic) bond motifs is 2. The molecule has 6 nitrogen and oxygen atoms in total. The second kappa shape index (κ2) is 3.76. The van der Waals surface area contributed by atoms with E-state index in [2.05, 4.69) is 9.98 Å². The summed E-state index contributed by atoms with van der Waals surface area (Å²) < 4.78 is 0. The van der Waals surface area contributed by atoms with Crippen molar-refractivity contribution in [2.75, 3.05) is 0 Å². The lowest BCUT2D eigenvalue weighted by atomic mass is 10.1. The normalized spacial score (nSPS) is 17.2. The second-order valence-corrected chi connectivity index (χ2v) is 4.11.